The SMILES string of the molecule is COC(=O)N[C@H](C(=O)N[C@H](Cc1ccc(-c2ccccn2)cc1)C[C@H](O)[C@H](Cc1ccccc1)NC(=O)[C@@H](NCCNS(C)(=O)=O)C(C)(C)C)C(C)(C)C. The summed E-state index contributed by atoms with van der Waals surface area (Å²) in [4.78, 5) is 44.6. The molecular weight excluding hydrogens is 709 g/mol. The highest BCUT2D eigenvalue weighted by molar-refractivity contribution is 7.88. The Morgan fingerprint density at radius 1 is 0.759 bits per heavy atom. The number of carbonyl (C=O) groups excluding carboxylic acids is 3. The number of carbonyl (C=O) groups is 3. The molecule has 296 valence electrons. The molecule has 1 heterocycles. The summed E-state index contributed by atoms with van der Waals surface area (Å²) < 4.78 is 30.4. The van der Waals surface area contributed by atoms with E-state index in [0.717, 1.165) is 28.6 Å². The molecule has 0 unspecified atom stereocenters. The van der Waals surface area contributed by atoms with Gasteiger partial charge in [-0.15, -0.1) is 0 Å². The summed E-state index contributed by atoms with van der Waals surface area (Å²) in [5.41, 5.74) is 2.28. The van der Waals surface area contributed by atoms with Gasteiger partial charge in [0.1, 0.15) is 6.04 Å². The Kier molecular flexibility index (Phi) is 16.2. The van der Waals surface area contributed by atoms with Crippen LogP contribution >= 0.6 is 0 Å². The number of alkyl carbamates (subject to hydrolysis) is 1. The van der Waals surface area contributed by atoms with Gasteiger partial charge in [0, 0.05) is 30.9 Å². The van der Waals surface area contributed by atoms with E-state index in [0.29, 0.717) is 12.8 Å². The number of rotatable bonds is 18. The normalized spacial score (nSPS) is 14.9. The van der Waals surface area contributed by atoms with Crippen LogP contribution in [0.15, 0.2) is 79.0 Å². The van der Waals surface area contributed by atoms with Crippen molar-refractivity contribution < 1.29 is 32.6 Å². The zero-order valence-corrected chi connectivity index (χ0v) is 33.5. The molecule has 14 heteroatoms. The van der Waals surface area contributed by atoms with E-state index in [-0.39, 0.29) is 25.4 Å². The minimum atomic E-state index is -3.41. The van der Waals surface area contributed by atoms with E-state index in [1.807, 2.05) is 114 Å². The second-order valence-electron chi connectivity index (χ2n) is 15.8. The van der Waals surface area contributed by atoms with Gasteiger partial charge in [-0.2, -0.15) is 0 Å². The van der Waals surface area contributed by atoms with Gasteiger partial charge >= 0.3 is 6.09 Å². The van der Waals surface area contributed by atoms with Gasteiger partial charge in [0.15, 0.2) is 0 Å². The third-order valence-electron chi connectivity index (χ3n) is 8.90. The number of sulfonamides is 1. The molecule has 0 radical (unpaired) electrons. The van der Waals surface area contributed by atoms with Crippen LogP contribution in [-0.4, -0.2) is 93.1 Å². The molecule has 0 spiro atoms. The number of benzene rings is 2. The molecule has 0 aliphatic rings. The molecule has 0 bridgehead atoms. The zero-order valence-electron chi connectivity index (χ0n) is 32.7. The number of aliphatic hydroxyl groups excluding tert-OH is 1. The van der Waals surface area contributed by atoms with Crippen LogP contribution in [0.25, 0.3) is 11.3 Å². The van der Waals surface area contributed by atoms with Gasteiger partial charge < -0.3 is 31.1 Å². The average Bonchev–Trinajstić information content (AvgIpc) is 3.09. The number of nitrogens with zero attached hydrogens (tertiary/aromatic N) is 1. The Bertz CT molecular complexity index is 1750. The molecule has 0 aliphatic heterocycles. The van der Waals surface area contributed by atoms with Crippen molar-refractivity contribution in [2.75, 3.05) is 26.5 Å². The molecule has 3 aromatic rings. The van der Waals surface area contributed by atoms with Crippen molar-refractivity contribution in [3.8, 4) is 11.3 Å². The molecule has 0 saturated heterocycles. The molecular formula is C40H58N6O7S. The minimum Gasteiger partial charge on any atom is -0.453 e. The Morgan fingerprint density at radius 2 is 1.35 bits per heavy atom. The van der Waals surface area contributed by atoms with Crippen LogP contribution in [0.1, 0.15) is 59.1 Å². The topological polar surface area (TPSA) is 188 Å². The predicted molar refractivity (Wildman–Crippen MR) is 211 cm³/mol. The summed E-state index contributed by atoms with van der Waals surface area (Å²) in [6, 6.07) is 19.9. The number of ether oxygens (including phenoxy) is 1. The van der Waals surface area contributed by atoms with Crippen molar-refractivity contribution in [2.45, 2.75) is 91.1 Å². The molecule has 3 rings (SSSR count). The fraction of sp³-hybridized carbons (Fsp3) is 0.500. The van der Waals surface area contributed by atoms with E-state index in [1.54, 1.807) is 6.20 Å². The molecule has 3 amide bonds. The predicted octanol–water partition coefficient (Wildman–Crippen LogP) is 3.58. The van der Waals surface area contributed by atoms with Gasteiger partial charge in [-0.3, -0.25) is 14.6 Å². The van der Waals surface area contributed by atoms with Crippen molar-refractivity contribution in [1.82, 2.24) is 31.0 Å². The fourth-order valence-corrected chi connectivity index (χ4v) is 6.55. The lowest BCUT2D eigenvalue weighted by Gasteiger charge is -2.35. The molecule has 0 aliphatic carbocycles. The third kappa shape index (κ3) is 14.8. The largest absolute Gasteiger partial charge is 0.453 e. The van der Waals surface area contributed by atoms with E-state index < -0.39 is 63.1 Å². The number of nitrogens with one attached hydrogen (secondary N) is 5. The number of aliphatic hydroxyl groups is 1. The maximum absolute atomic E-state index is 14.0. The Labute approximate surface area is 320 Å². The first kappa shape index (κ1) is 44.0. The van der Waals surface area contributed by atoms with Gasteiger partial charge in [-0.25, -0.2) is 17.9 Å². The Balaban J connectivity index is 1.93. The third-order valence-corrected chi connectivity index (χ3v) is 9.63. The van der Waals surface area contributed by atoms with Crippen molar-refractivity contribution in [2.24, 2.45) is 10.8 Å². The molecule has 0 fully saturated rings. The summed E-state index contributed by atoms with van der Waals surface area (Å²) in [5, 5.41) is 24.0. The fourth-order valence-electron chi connectivity index (χ4n) is 6.08. The van der Waals surface area contributed by atoms with Gasteiger partial charge in [0.25, 0.3) is 0 Å². The summed E-state index contributed by atoms with van der Waals surface area (Å²) >= 11 is 0. The molecule has 6 N–H and O–H groups in total. The average molecular weight is 767 g/mol. The highest BCUT2D eigenvalue weighted by Crippen LogP contribution is 2.23. The summed E-state index contributed by atoms with van der Waals surface area (Å²) in [6.45, 7) is 11.5. The maximum Gasteiger partial charge on any atom is 0.407 e. The maximum atomic E-state index is 14.0. The first-order valence-corrected chi connectivity index (χ1v) is 20.0. The van der Waals surface area contributed by atoms with Crippen LogP contribution in [0.4, 0.5) is 4.79 Å². The first-order valence-electron chi connectivity index (χ1n) is 18.1. The van der Waals surface area contributed by atoms with Crippen LogP contribution in [0, 0.1) is 10.8 Å². The van der Waals surface area contributed by atoms with E-state index in [2.05, 4.69) is 31.0 Å². The monoisotopic (exact) mass is 766 g/mol. The molecule has 13 nitrogen and oxygen atoms in total. The van der Waals surface area contributed by atoms with Gasteiger partial charge in [-0.05, 0) is 53.4 Å². The lowest BCUT2D eigenvalue weighted by atomic mass is 9.85. The summed E-state index contributed by atoms with van der Waals surface area (Å²) in [5.74, 6) is -0.804. The van der Waals surface area contributed by atoms with Crippen LogP contribution in [0.3, 0.4) is 0 Å². The van der Waals surface area contributed by atoms with Crippen molar-refractivity contribution >= 4 is 27.9 Å². The number of pyridine rings is 1. The quantitative estimate of drug-likeness (QED) is 0.105. The Hall–Kier alpha value is -4.37. The molecule has 5 atom stereocenters. The smallest absolute Gasteiger partial charge is 0.407 e. The molecule has 0 saturated carbocycles. The van der Waals surface area contributed by atoms with Crippen molar-refractivity contribution in [1.29, 1.82) is 0 Å². The van der Waals surface area contributed by atoms with E-state index >= 15 is 0 Å². The van der Waals surface area contributed by atoms with Gasteiger partial charge in [-0.1, -0.05) is 102 Å². The highest BCUT2D eigenvalue weighted by Gasteiger charge is 2.37. The highest BCUT2D eigenvalue weighted by atomic mass is 32.2. The molecule has 2 aromatic carbocycles. The van der Waals surface area contributed by atoms with Crippen LogP contribution in [0.2, 0.25) is 0 Å². The standard InChI is InChI=1S/C40H58N6O7S/c1-39(2,3)34(42-22-23-43-54(8,51)52)36(48)45-32(25-27-14-10-9-11-15-27)33(47)26-30(44-37(49)35(40(4,5)6)46-38(50)53-7)24-28-17-19-29(20-18-28)31-16-12-13-21-41-31/h9-21,30,32-35,42-43,47H,22-26H2,1-8H3,(H,44,49)(H,45,48)(H,46,50)/t30-,32+,33+,34-,35-/m1/s1. The summed E-state index contributed by atoms with van der Waals surface area (Å²) in [6.07, 6.45) is 1.63. The zero-order chi connectivity index (χ0) is 40.1. The van der Waals surface area contributed by atoms with Gasteiger partial charge in [0.2, 0.25) is 21.8 Å². The first-order chi connectivity index (χ1) is 25.3. The van der Waals surface area contributed by atoms with Crippen molar-refractivity contribution in [3.63, 3.8) is 0 Å². The van der Waals surface area contributed by atoms with E-state index in [4.69, 9.17) is 4.74 Å². The van der Waals surface area contributed by atoms with Crippen LogP contribution < -0.4 is 26.0 Å². The van der Waals surface area contributed by atoms with Gasteiger partial charge in [0.05, 0.1) is 37.2 Å². The Morgan fingerprint density at radius 3 is 1.91 bits per heavy atom. The summed E-state index contributed by atoms with van der Waals surface area (Å²) in [7, 11) is -2.17. The number of hydrogen-bond acceptors (Lipinski definition) is 9. The van der Waals surface area contributed by atoms with E-state index in [9.17, 15) is 27.9 Å². The number of aromatic nitrogens is 1. The number of methoxy groups -OCH3 is 1. The lowest BCUT2D eigenvalue weighted by molar-refractivity contribution is -0.128. The number of hydrogen-bond donors (Lipinski definition) is 6. The minimum absolute atomic E-state index is 0.0620. The second-order valence-corrected chi connectivity index (χ2v) is 17.6. The van der Waals surface area contributed by atoms with Crippen LogP contribution in [-0.2, 0) is 37.2 Å². The van der Waals surface area contributed by atoms with E-state index in [1.165, 1.54) is 7.11 Å². The molecule has 1 aromatic heterocycles. The number of amides is 3. The second kappa shape index (κ2) is 19.8. The van der Waals surface area contributed by atoms with Crippen molar-refractivity contribution in [3.05, 3.63) is 90.1 Å². The van der Waals surface area contributed by atoms with Crippen LogP contribution in [0.5, 0.6) is 0 Å². The lowest BCUT2D eigenvalue weighted by Crippen LogP contribution is -2.58. The molecule has 54 heavy (non-hydrogen) atoms.